The molecule has 0 fully saturated rings. The van der Waals surface area contributed by atoms with Crippen molar-refractivity contribution < 1.29 is 0 Å². The SMILES string of the molecule is C=Cc1nc(N)c2ccccc2n1. The van der Waals surface area contributed by atoms with Crippen LogP contribution >= 0.6 is 0 Å². The zero-order chi connectivity index (χ0) is 9.26. The highest BCUT2D eigenvalue weighted by Gasteiger charge is 2.00. The molecule has 0 bridgehead atoms. The van der Waals surface area contributed by atoms with Crippen molar-refractivity contribution in [2.24, 2.45) is 0 Å². The van der Waals surface area contributed by atoms with Crippen molar-refractivity contribution in [1.82, 2.24) is 9.97 Å². The molecule has 2 rings (SSSR count). The number of benzene rings is 1. The Morgan fingerprint density at radius 2 is 2.00 bits per heavy atom. The highest BCUT2D eigenvalue weighted by atomic mass is 14.9. The molecule has 0 amide bonds. The van der Waals surface area contributed by atoms with Gasteiger partial charge in [0, 0.05) is 5.39 Å². The predicted octanol–water partition coefficient (Wildman–Crippen LogP) is 1.85. The van der Waals surface area contributed by atoms with Gasteiger partial charge in [0.25, 0.3) is 0 Å². The van der Waals surface area contributed by atoms with Crippen molar-refractivity contribution >= 4 is 22.8 Å². The molecule has 0 spiro atoms. The van der Waals surface area contributed by atoms with E-state index in [4.69, 9.17) is 5.73 Å². The molecular weight excluding hydrogens is 162 g/mol. The molecule has 0 aliphatic heterocycles. The van der Waals surface area contributed by atoms with Gasteiger partial charge >= 0.3 is 0 Å². The van der Waals surface area contributed by atoms with Gasteiger partial charge in [-0.05, 0) is 18.2 Å². The van der Waals surface area contributed by atoms with E-state index in [1.807, 2.05) is 24.3 Å². The molecule has 1 aromatic heterocycles. The number of nitrogen functional groups attached to an aromatic ring is 1. The van der Waals surface area contributed by atoms with Crippen molar-refractivity contribution in [2.75, 3.05) is 5.73 Å². The molecule has 13 heavy (non-hydrogen) atoms. The Morgan fingerprint density at radius 1 is 1.23 bits per heavy atom. The van der Waals surface area contributed by atoms with Gasteiger partial charge in [-0.2, -0.15) is 0 Å². The summed E-state index contributed by atoms with van der Waals surface area (Å²) in [6, 6.07) is 7.63. The summed E-state index contributed by atoms with van der Waals surface area (Å²) in [4.78, 5) is 8.31. The van der Waals surface area contributed by atoms with Gasteiger partial charge < -0.3 is 5.73 Å². The fourth-order valence-corrected chi connectivity index (χ4v) is 1.21. The van der Waals surface area contributed by atoms with E-state index in [1.165, 1.54) is 0 Å². The summed E-state index contributed by atoms with van der Waals surface area (Å²) < 4.78 is 0. The second-order valence-corrected chi connectivity index (χ2v) is 2.69. The number of nitrogens with two attached hydrogens (primary N) is 1. The molecule has 64 valence electrons. The third-order valence-corrected chi connectivity index (χ3v) is 1.83. The highest BCUT2D eigenvalue weighted by molar-refractivity contribution is 5.88. The van der Waals surface area contributed by atoms with Gasteiger partial charge in [0.1, 0.15) is 5.82 Å². The molecule has 1 heterocycles. The number of rotatable bonds is 1. The fraction of sp³-hybridized carbons (Fsp3) is 0. The van der Waals surface area contributed by atoms with Crippen molar-refractivity contribution in [3.05, 3.63) is 36.7 Å². The lowest BCUT2D eigenvalue weighted by Crippen LogP contribution is -1.96. The molecule has 0 saturated carbocycles. The molecule has 0 aliphatic carbocycles. The van der Waals surface area contributed by atoms with Crippen LogP contribution in [0.5, 0.6) is 0 Å². The maximum absolute atomic E-state index is 5.73. The van der Waals surface area contributed by atoms with Crippen LogP contribution in [0.2, 0.25) is 0 Å². The predicted molar refractivity (Wildman–Crippen MR) is 54.0 cm³/mol. The average molecular weight is 171 g/mol. The van der Waals surface area contributed by atoms with E-state index in [0.717, 1.165) is 10.9 Å². The van der Waals surface area contributed by atoms with E-state index in [1.54, 1.807) is 6.08 Å². The summed E-state index contributed by atoms with van der Waals surface area (Å²) in [5.74, 6) is 1.07. The average Bonchev–Trinajstić information content (AvgIpc) is 2.18. The van der Waals surface area contributed by atoms with Crippen LogP contribution in [0, 0.1) is 0 Å². The highest BCUT2D eigenvalue weighted by Crippen LogP contribution is 2.16. The van der Waals surface area contributed by atoms with Crippen molar-refractivity contribution in [1.29, 1.82) is 0 Å². The summed E-state index contributed by atoms with van der Waals surface area (Å²) in [5, 5.41) is 0.883. The van der Waals surface area contributed by atoms with Gasteiger partial charge in [0.15, 0.2) is 5.82 Å². The van der Waals surface area contributed by atoms with Crippen LogP contribution in [-0.4, -0.2) is 9.97 Å². The van der Waals surface area contributed by atoms with E-state index < -0.39 is 0 Å². The van der Waals surface area contributed by atoms with E-state index in [2.05, 4.69) is 16.5 Å². The van der Waals surface area contributed by atoms with Gasteiger partial charge in [-0.1, -0.05) is 18.7 Å². The Kier molecular flexibility index (Phi) is 1.70. The Morgan fingerprint density at radius 3 is 2.77 bits per heavy atom. The van der Waals surface area contributed by atoms with Gasteiger partial charge in [-0.3, -0.25) is 0 Å². The Bertz CT molecular complexity index is 463. The van der Waals surface area contributed by atoms with E-state index >= 15 is 0 Å². The number of hydrogen-bond donors (Lipinski definition) is 1. The molecule has 2 aromatic rings. The third-order valence-electron chi connectivity index (χ3n) is 1.83. The zero-order valence-electron chi connectivity index (χ0n) is 7.07. The summed E-state index contributed by atoms with van der Waals surface area (Å²) >= 11 is 0. The van der Waals surface area contributed by atoms with E-state index in [0.29, 0.717) is 11.6 Å². The number of anilines is 1. The molecule has 0 atom stereocenters. The first-order valence-electron chi connectivity index (χ1n) is 3.96. The van der Waals surface area contributed by atoms with Crippen LogP contribution < -0.4 is 5.73 Å². The molecule has 1 aromatic carbocycles. The minimum Gasteiger partial charge on any atom is -0.383 e. The van der Waals surface area contributed by atoms with Gasteiger partial charge in [0.2, 0.25) is 0 Å². The zero-order valence-corrected chi connectivity index (χ0v) is 7.07. The molecule has 2 N–H and O–H groups in total. The van der Waals surface area contributed by atoms with Crippen molar-refractivity contribution in [3.8, 4) is 0 Å². The van der Waals surface area contributed by atoms with Crippen molar-refractivity contribution in [3.63, 3.8) is 0 Å². The molecule has 3 nitrogen and oxygen atoms in total. The van der Waals surface area contributed by atoms with Crippen LogP contribution in [-0.2, 0) is 0 Å². The van der Waals surface area contributed by atoms with Crippen LogP contribution in [0.1, 0.15) is 5.82 Å². The Balaban J connectivity index is 2.84. The van der Waals surface area contributed by atoms with Crippen LogP contribution in [0.4, 0.5) is 5.82 Å². The maximum Gasteiger partial charge on any atom is 0.154 e. The van der Waals surface area contributed by atoms with Gasteiger partial charge in [0.05, 0.1) is 5.52 Å². The van der Waals surface area contributed by atoms with Gasteiger partial charge in [-0.25, -0.2) is 9.97 Å². The molecule has 0 unspecified atom stereocenters. The number of aromatic nitrogens is 2. The minimum atomic E-state index is 0.500. The van der Waals surface area contributed by atoms with Crippen LogP contribution in [0.3, 0.4) is 0 Å². The molecule has 0 aliphatic rings. The monoisotopic (exact) mass is 171 g/mol. The minimum absolute atomic E-state index is 0.500. The lowest BCUT2D eigenvalue weighted by atomic mass is 10.2. The summed E-state index contributed by atoms with van der Waals surface area (Å²) in [6.45, 7) is 3.60. The maximum atomic E-state index is 5.73. The largest absolute Gasteiger partial charge is 0.383 e. The number of nitrogens with zero attached hydrogens (tertiary/aromatic N) is 2. The summed E-state index contributed by atoms with van der Waals surface area (Å²) in [5.41, 5.74) is 6.59. The van der Waals surface area contributed by atoms with E-state index in [9.17, 15) is 0 Å². The summed E-state index contributed by atoms with van der Waals surface area (Å²) in [7, 11) is 0. The standard InChI is InChI=1S/C10H9N3/c1-2-9-12-8-6-4-3-5-7(8)10(11)13-9/h2-6H,1H2,(H2,11,12,13). The van der Waals surface area contributed by atoms with E-state index in [-0.39, 0.29) is 0 Å². The fourth-order valence-electron chi connectivity index (χ4n) is 1.21. The Labute approximate surface area is 75.9 Å². The number of para-hydroxylation sites is 1. The van der Waals surface area contributed by atoms with Crippen LogP contribution in [0.15, 0.2) is 30.8 Å². The topological polar surface area (TPSA) is 51.8 Å². The second-order valence-electron chi connectivity index (χ2n) is 2.69. The first-order valence-corrected chi connectivity index (χ1v) is 3.96. The third kappa shape index (κ3) is 1.24. The number of fused-ring (bicyclic) bond motifs is 1. The van der Waals surface area contributed by atoms with Crippen LogP contribution in [0.25, 0.3) is 17.0 Å². The second kappa shape index (κ2) is 2.86. The summed E-state index contributed by atoms with van der Waals surface area (Å²) in [6.07, 6.45) is 1.59. The first kappa shape index (κ1) is 7.73. The smallest absolute Gasteiger partial charge is 0.154 e. The molecule has 0 radical (unpaired) electrons. The first-order chi connectivity index (χ1) is 6.31. The number of hydrogen-bond acceptors (Lipinski definition) is 3. The lowest BCUT2D eigenvalue weighted by Gasteiger charge is -2.00. The molecule has 0 saturated heterocycles. The Hall–Kier alpha value is -1.90. The lowest BCUT2D eigenvalue weighted by molar-refractivity contribution is 1.19. The molecule has 3 heteroatoms. The van der Waals surface area contributed by atoms with Crippen molar-refractivity contribution in [2.45, 2.75) is 0 Å². The molecular formula is C10H9N3. The quantitative estimate of drug-likeness (QED) is 0.712. The van der Waals surface area contributed by atoms with Gasteiger partial charge in [-0.15, -0.1) is 0 Å². The normalized spacial score (nSPS) is 10.2.